The predicted octanol–water partition coefficient (Wildman–Crippen LogP) is 1.93. The highest BCUT2D eigenvalue weighted by Crippen LogP contribution is 2.10. The number of rotatable bonds is 9. The highest BCUT2D eigenvalue weighted by atomic mass is 16.5. The molecular formula is C15H23N3O4. The van der Waals surface area contributed by atoms with Crippen molar-refractivity contribution in [1.82, 2.24) is 16.0 Å². The predicted molar refractivity (Wildman–Crippen MR) is 83.1 cm³/mol. The molecule has 7 heteroatoms. The molecule has 0 unspecified atom stereocenters. The molecule has 0 heterocycles. The maximum atomic E-state index is 11.6. The van der Waals surface area contributed by atoms with E-state index < -0.39 is 6.09 Å². The average Bonchev–Trinajstić information content (AvgIpc) is 2.52. The normalized spacial score (nSPS) is 9.86. The van der Waals surface area contributed by atoms with Gasteiger partial charge >= 0.3 is 12.1 Å². The van der Waals surface area contributed by atoms with Gasteiger partial charge in [-0.05, 0) is 37.0 Å². The lowest BCUT2D eigenvalue weighted by atomic mass is 10.2. The zero-order valence-electron chi connectivity index (χ0n) is 12.7. The minimum atomic E-state index is -1.00. The third kappa shape index (κ3) is 7.98. The summed E-state index contributed by atoms with van der Waals surface area (Å²) in [7, 11) is 1.61. The minimum Gasteiger partial charge on any atom is -0.497 e. The smallest absolute Gasteiger partial charge is 0.404 e. The fourth-order valence-electron chi connectivity index (χ4n) is 1.81. The van der Waals surface area contributed by atoms with Crippen molar-refractivity contribution in [2.75, 3.05) is 20.2 Å². The first-order valence-electron chi connectivity index (χ1n) is 7.23. The van der Waals surface area contributed by atoms with Gasteiger partial charge in [-0.3, -0.25) is 0 Å². The van der Waals surface area contributed by atoms with E-state index in [4.69, 9.17) is 9.84 Å². The summed E-state index contributed by atoms with van der Waals surface area (Å²) in [6.07, 6.45) is 1.44. The minimum absolute atomic E-state index is 0.209. The molecule has 0 atom stereocenters. The fourth-order valence-corrected chi connectivity index (χ4v) is 1.81. The lowest BCUT2D eigenvalue weighted by Gasteiger charge is -2.08. The third-order valence-electron chi connectivity index (χ3n) is 3.03. The second kappa shape index (κ2) is 10.3. The number of benzene rings is 1. The number of carbonyl (C=O) groups excluding carboxylic acids is 1. The van der Waals surface area contributed by atoms with Gasteiger partial charge < -0.3 is 25.8 Å². The molecule has 0 aliphatic rings. The molecule has 0 radical (unpaired) electrons. The Morgan fingerprint density at radius 3 is 2.23 bits per heavy atom. The van der Waals surface area contributed by atoms with Gasteiger partial charge in [0.2, 0.25) is 0 Å². The van der Waals surface area contributed by atoms with Gasteiger partial charge in [0, 0.05) is 19.6 Å². The number of carbonyl (C=O) groups is 2. The summed E-state index contributed by atoms with van der Waals surface area (Å²) in [6.45, 7) is 1.47. The van der Waals surface area contributed by atoms with Crippen LogP contribution in [0.5, 0.6) is 5.75 Å². The van der Waals surface area contributed by atoms with E-state index in [1.807, 2.05) is 24.3 Å². The Morgan fingerprint density at radius 2 is 1.64 bits per heavy atom. The summed E-state index contributed by atoms with van der Waals surface area (Å²) in [5, 5.41) is 16.2. The number of carboxylic acid groups (broad SMARTS) is 1. The molecule has 0 aliphatic carbocycles. The van der Waals surface area contributed by atoms with Crippen molar-refractivity contribution in [2.24, 2.45) is 0 Å². The molecule has 0 aromatic heterocycles. The number of methoxy groups -OCH3 is 1. The molecule has 0 spiro atoms. The Kier molecular flexibility index (Phi) is 8.25. The highest BCUT2D eigenvalue weighted by Gasteiger charge is 2.00. The molecule has 1 aromatic carbocycles. The van der Waals surface area contributed by atoms with E-state index in [1.165, 1.54) is 0 Å². The van der Waals surface area contributed by atoms with Crippen LogP contribution in [0.2, 0.25) is 0 Å². The largest absolute Gasteiger partial charge is 0.497 e. The highest BCUT2D eigenvalue weighted by molar-refractivity contribution is 5.73. The van der Waals surface area contributed by atoms with Crippen molar-refractivity contribution in [1.29, 1.82) is 0 Å². The van der Waals surface area contributed by atoms with Crippen LogP contribution in [0, 0.1) is 0 Å². The topological polar surface area (TPSA) is 99.7 Å². The van der Waals surface area contributed by atoms with Gasteiger partial charge in [0.1, 0.15) is 5.75 Å². The van der Waals surface area contributed by atoms with Crippen LogP contribution in [-0.4, -0.2) is 37.4 Å². The Bertz CT molecular complexity index is 462. The third-order valence-corrected chi connectivity index (χ3v) is 3.03. The molecule has 0 saturated heterocycles. The molecule has 0 bridgehead atoms. The van der Waals surface area contributed by atoms with Crippen molar-refractivity contribution in [3.63, 3.8) is 0 Å². The van der Waals surface area contributed by atoms with Crippen LogP contribution in [0.3, 0.4) is 0 Å². The van der Waals surface area contributed by atoms with Crippen molar-refractivity contribution in [2.45, 2.75) is 25.8 Å². The number of urea groups is 1. The van der Waals surface area contributed by atoms with Gasteiger partial charge in [0.25, 0.3) is 0 Å². The van der Waals surface area contributed by atoms with Gasteiger partial charge in [-0.25, -0.2) is 9.59 Å². The number of hydrogen-bond acceptors (Lipinski definition) is 3. The van der Waals surface area contributed by atoms with Crippen molar-refractivity contribution in [3.05, 3.63) is 29.8 Å². The van der Waals surface area contributed by atoms with E-state index in [-0.39, 0.29) is 6.03 Å². The van der Waals surface area contributed by atoms with Crippen LogP contribution in [0.1, 0.15) is 24.8 Å². The Balaban J connectivity index is 2.04. The van der Waals surface area contributed by atoms with Crippen molar-refractivity contribution in [3.8, 4) is 5.75 Å². The molecule has 1 aromatic rings. The number of unbranched alkanes of at least 4 members (excludes halogenated alkanes) is 2. The van der Waals surface area contributed by atoms with Gasteiger partial charge in [-0.2, -0.15) is 0 Å². The quantitative estimate of drug-likeness (QED) is 0.524. The van der Waals surface area contributed by atoms with Gasteiger partial charge in [0.15, 0.2) is 0 Å². The van der Waals surface area contributed by atoms with E-state index in [9.17, 15) is 9.59 Å². The summed E-state index contributed by atoms with van der Waals surface area (Å²) >= 11 is 0. The lowest BCUT2D eigenvalue weighted by molar-refractivity contribution is 0.194. The maximum absolute atomic E-state index is 11.6. The van der Waals surface area contributed by atoms with Gasteiger partial charge in [-0.15, -0.1) is 0 Å². The Hall–Kier alpha value is -2.44. The molecule has 4 N–H and O–H groups in total. The molecule has 0 fully saturated rings. The van der Waals surface area contributed by atoms with Crippen LogP contribution >= 0.6 is 0 Å². The van der Waals surface area contributed by atoms with Crippen LogP contribution in [-0.2, 0) is 6.54 Å². The molecular weight excluding hydrogens is 286 g/mol. The SMILES string of the molecule is COc1ccc(CNC(=O)NCCCCCNC(=O)O)cc1. The average molecular weight is 309 g/mol. The second-order valence-electron chi connectivity index (χ2n) is 4.75. The molecule has 3 amide bonds. The number of ether oxygens (including phenoxy) is 1. The first-order chi connectivity index (χ1) is 10.6. The monoisotopic (exact) mass is 309 g/mol. The van der Waals surface area contributed by atoms with Gasteiger partial charge in [-0.1, -0.05) is 12.1 Å². The second-order valence-corrected chi connectivity index (χ2v) is 4.75. The lowest BCUT2D eigenvalue weighted by Crippen LogP contribution is -2.35. The van der Waals surface area contributed by atoms with E-state index in [0.29, 0.717) is 19.6 Å². The number of nitrogens with one attached hydrogen (secondary N) is 3. The van der Waals surface area contributed by atoms with Crippen LogP contribution in [0.25, 0.3) is 0 Å². The maximum Gasteiger partial charge on any atom is 0.404 e. The Morgan fingerprint density at radius 1 is 1.00 bits per heavy atom. The van der Waals surface area contributed by atoms with E-state index >= 15 is 0 Å². The molecule has 0 aliphatic heterocycles. The summed E-state index contributed by atoms with van der Waals surface area (Å²) in [4.78, 5) is 21.8. The Labute approximate surface area is 130 Å². The number of hydrogen-bond donors (Lipinski definition) is 4. The summed E-state index contributed by atoms with van der Waals surface area (Å²) in [5.41, 5.74) is 0.996. The summed E-state index contributed by atoms with van der Waals surface area (Å²) in [5.74, 6) is 0.783. The van der Waals surface area contributed by atoms with Crippen LogP contribution in [0.15, 0.2) is 24.3 Å². The first-order valence-corrected chi connectivity index (χ1v) is 7.23. The molecule has 7 nitrogen and oxygen atoms in total. The van der Waals surface area contributed by atoms with Crippen LogP contribution < -0.4 is 20.7 Å². The molecule has 1 rings (SSSR count). The number of amides is 3. The van der Waals surface area contributed by atoms with E-state index in [1.54, 1.807) is 7.11 Å². The molecule has 122 valence electrons. The van der Waals surface area contributed by atoms with E-state index in [2.05, 4.69) is 16.0 Å². The standard InChI is InChI=1S/C15H23N3O4/c1-22-13-7-5-12(6-8-13)11-18-14(19)16-9-3-2-4-10-17-15(20)21/h5-8,17H,2-4,9-11H2,1H3,(H,20,21)(H2,16,18,19). The van der Waals surface area contributed by atoms with E-state index in [0.717, 1.165) is 30.6 Å². The van der Waals surface area contributed by atoms with Gasteiger partial charge in [0.05, 0.1) is 7.11 Å². The molecule has 0 saturated carbocycles. The van der Waals surface area contributed by atoms with Crippen LogP contribution in [0.4, 0.5) is 9.59 Å². The van der Waals surface area contributed by atoms with Crippen molar-refractivity contribution < 1.29 is 19.4 Å². The zero-order chi connectivity index (χ0) is 16.2. The fraction of sp³-hybridized carbons (Fsp3) is 0.467. The first kappa shape index (κ1) is 17.6. The summed E-state index contributed by atoms with van der Waals surface area (Å²) < 4.78 is 5.06. The van der Waals surface area contributed by atoms with Crippen molar-refractivity contribution >= 4 is 12.1 Å². The molecule has 22 heavy (non-hydrogen) atoms. The zero-order valence-corrected chi connectivity index (χ0v) is 12.7. The summed E-state index contributed by atoms with van der Waals surface area (Å²) in [6, 6.07) is 7.28.